The molecule has 0 N–H and O–H groups in total. The SMILES string of the molecule is CC(C)(C)OC(=O)CCCSc1nnc(-c2ccc(OCC3CC3)cc2Cl)o1. The first kappa shape index (κ1) is 21.0. The Morgan fingerprint density at radius 3 is 2.79 bits per heavy atom. The lowest BCUT2D eigenvalue weighted by molar-refractivity contribution is -0.154. The van der Waals surface area contributed by atoms with E-state index in [4.69, 9.17) is 25.5 Å². The van der Waals surface area contributed by atoms with Gasteiger partial charge in [0.1, 0.15) is 11.4 Å². The second-order valence-electron chi connectivity index (χ2n) is 7.81. The van der Waals surface area contributed by atoms with E-state index < -0.39 is 5.60 Å². The molecule has 0 unspecified atom stereocenters. The molecule has 1 aliphatic carbocycles. The van der Waals surface area contributed by atoms with E-state index in [-0.39, 0.29) is 5.97 Å². The minimum atomic E-state index is -0.455. The van der Waals surface area contributed by atoms with Crippen LogP contribution in [0.2, 0.25) is 5.02 Å². The Hall–Kier alpha value is -1.73. The van der Waals surface area contributed by atoms with Crippen LogP contribution in [-0.4, -0.2) is 34.1 Å². The fraction of sp³-hybridized carbons (Fsp3) is 0.550. The highest BCUT2D eigenvalue weighted by Crippen LogP contribution is 2.34. The molecule has 0 saturated heterocycles. The Labute approximate surface area is 174 Å². The van der Waals surface area contributed by atoms with Crippen molar-refractivity contribution in [1.82, 2.24) is 10.2 Å². The molecule has 3 rings (SSSR count). The highest BCUT2D eigenvalue weighted by atomic mass is 35.5. The number of hydrogen-bond donors (Lipinski definition) is 0. The number of nitrogens with zero attached hydrogens (tertiary/aromatic N) is 2. The number of rotatable bonds is 9. The lowest BCUT2D eigenvalue weighted by Gasteiger charge is -2.19. The first-order valence-corrected chi connectivity index (χ1v) is 10.8. The second-order valence-corrected chi connectivity index (χ2v) is 9.26. The lowest BCUT2D eigenvalue weighted by atomic mass is 10.2. The molecule has 1 saturated carbocycles. The van der Waals surface area contributed by atoms with E-state index in [9.17, 15) is 4.79 Å². The summed E-state index contributed by atoms with van der Waals surface area (Å²) in [6, 6.07) is 5.47. The van der Waals surface area contributed by atoms with Crippen LogP contribution in [0.25, 0.3) is 11.5 Å². The van der Waals surface area contributed by atoms with E-state index >= 15 is 0 Å². The standard InChI is InChI=1S/C20H25ClN2O4S/c1-20(2,3)27-17(24)5-4-10-28-19-23-22-18(26-19)15-9-8-14(11-16(15)21)25-12-13-6-7-13/h8-9,11,13H,4-7,10,12H2,1-3H3. The Bertz CT molecular complexity index is 815. The summed E-state index contributed by atoms with van der Waals surface area (Å²) in [6.45, 7) is 6.31. The Balaban J connectivity index is 1.47. The van der Waals surface area contributed by atoms with Gasteiger partial charge < -0.3 is 13.9 Å². The number of hydrogen-bond acceptors (Lipinski definition) is 7. The summed E-state index contributed by atoms with van der Waals surface area (Å²) in [7, 11) is 0. The second kappa shape index (κ2) is 9.18. The van der Waals surface area contributed by atoms with Crippen LogP contribution in [-0.2, 0) is 9.53 Å². The summed E-state index contributed by atoms with van der Waals surface area (Å²) >= 11 is 7.76. The van der Waals surface area contributed by atoms with Crippen LogP contribution in [0.1, 0.15) is 46.5 Å². The van der Waals surface area contributed by atoms with Crippen molar-refractivity contribution in [2.75, 3.05) is 12.4 Å². The monoisotopic (exact) mass is 424 g/mol. The van der Waals surface area contributed by atoms with Crippen LogP contribution >= 0.6 is 23.4 Å². The fourth-order valence-electron chi connectivity index (χ4n) is 2.40. The zero-order valence-corrected chi connectivity index (χ0v) is 17.9. The molecular formula is C20H25ClN2O4S. The van der Waals surface area contributed by atoms with Crippen molar-refractivity contribution in [1.29, 1.82) is 0 Å². The van der Waals surface area contributed by atoms with Crippen LogP contribution in [0.5, 0.6) is 5.75 Å². The highest BCUT2D eigenvalue weighted by Gasteiger charge is 2.22. The molecule has 0 radical (unpaired) electrons. The summed E-state index contributed by atoms with van der Waals surface area (Å²) in [5.74, 6) is 2.28. The fourth-order valence-corrected chi connectivity index (χ4v) is 3.35. The third-order valence-electron chi connectivity index (χ3n) is 3.93. The first-order chi connectivity index (χ1) is 13.3. The van der Waals surface area contributed by atoms with Gasteiger partial charge >= 0.3 is 5.97 Å². The average Bonchev–Trinajstić information content (AvgIpc) is 3.32. The van der Waals surface area contributed by atoms with E-state index in [1.54, 1.807) is 6.07 Å². The van der Waals surface area contributed by atoms with Gasteiger partial charge in [0, 0.05) is 12.2 Å². The molecule has 6 nitrogen and oxygen atoms in total. The molecule has 0 atom stereocenters. The maximum Gasteiger partial charge on any atom is 0.306 e. The summed E-state index contributed by atoms with van der Waals surface area (Å²) in [6.07, 6.45) is 3.52. The van der Waals surface area contributed by atoms with E-state index in [0.717, 1.165) is 12.4 Å². The van der Waals surface area contributed by atoms with Gasteiger partial charge in [-0.15, -0.1) is 10.2 Å². The summed E-state index contributed by atoms with van der Waals surface area (Å²) in [5.41, 5.74) is 0.220. The Morgan fingerprint density at radius 1 is 1.32 bits per heavy atom. The number of halogens is 1. The van der Waals surface area contributed by atoms with Crippen LogP contribution in [0.4, 0.5) is 0 Å². The molecular weight excluding hydrogens is 400 g/mol. The largest absolute Gasteiger partial charge is 0.493 e. The molecule has 152 valence electrons. The topological polar surface area (TPSA) is 74.5 Å². The van der Waals surface area contributed by atoms with Gasteiger partial charge in [-0.1, -0.05) is 23.4 Å². The van der Waals surface area contributed by atoms with E-state index in [2.05, 4.69) is 10.2 Å². The molecule has 0 amide bonds. The van der Waals surface area contributed by atoms with Crippen molar-refractivity contribution in [3.63, 3.8) is 0 Å². The summed E-state index contributed by atoms with van der Waals surface area (Å²) < 4.78 is 16.7. The number of carbonyl (C=O) groups excluding carboxylic acids is 1. The number of esters is 1. The number of benzene rings is 1. The van der Waals surface area contributed by atoms with Crippen molar-refractivity contribution in [2.45, 2.75) is 57.3 Å². The zero-order chi connectivity index (χ0) is 20.1. The smallest absolute Gasteiger partial charge is 0.306 e. The molecule has 0 bridgehead atoms. The number of carbonyl (C=O) groups is 1. The van der Waals surface area contributed by atoms with Crippen molar-refractivity contribution < 1.29 is 18.7 Å². The van der Waals surface area contributed by atoms with E-state index in [1.165, 1.54) is 24.6 Å². The molecule has 1 aromatic heterocycles. The van der Waals surface area contributed by atoms with Gasteiger partial charge in [-0.25, -0.2) is 0 Å². The van der Waals surface area contributed by atoms with Crippen LogP contribution in [0.3, 0.4) is 0 Å². The highest BCUT2D eigenvalue weighted by molar-refractivity contribution is 7.99. The molecule has 0 aliphatic heterocycles. The molecule has 0 spiro atoms. The minimum Gasteiger partial charge on any atom is -0.493 e. The third-order valence-corrected chi connectivity index (χ3v) is 5.15. The predicted molar refractivity (Wildman–Crippen MR) is 109 cm³/mol. The van der Waals surface area contributed by atoms with Gasteiger partial charge in [0.2, 0.25) is 5.89 Å². The van der Waals surface area contributed by atoms with Gasteiger partial charge in [-0.3, -0.25) is 4.79 Å². The summed E-state index contributed by atoms with van der Waals surface area (Å²) in [4.78, 5) is 11.7. The van der Waals surface area contributed by atoms with Gasteiger partial charge in [0.05, 0.1) is 17.2 Å². The maximum atomic E-state index is 11.7. The normalized spacial score (nSPS) is 14.1. The van der Waals surface area contributed by atoms with Crippen molar-refractivity contribution in [2.24, 2.45) is 5.92 Å². The first-order valence-electron chi connectivity index (χ1n) is 9.41. The molecule has 1 aliphatic rings. The van der Waals surface area contributed by atoms with Crippen LogP contribution in [0, 0.1) is 5.92 Å². The molecule has 28 heavy (non-hydrogen) atoms. The summed E-state index contributed by atoms with van der Waals surface area (Å²) in [5, 5.41) is 9.07. The lowest BCUT2D eigenvalue weighted by Crippen LogP contribution is -2.23. The molecule has 8 heteroatoms. The van der Waals surface area contributed by atoms with Crippen LogP contribution in [0.15, 0.2) is 27.8 Å². The van der Waals surface area contributed by atoms with Crippen LogP contribution < -0.4 is 4.74 Å². The molecule has 1 aromatic carbocycles. The number of aromatic nitrogens is 2. The van der Waals surface area contributed by atoms with Gasteiger partial charge in [0.15, 0.2) is 0 Å². The predicted octanol–water partition coefficient (Wildman–Crippen LogP) is 5.39. The van der Waals surface area contributed by atoms with Gasteiger partial charge in [0.25, 0.3) is 5.22 Å². The quantitative estimate of drug-likeness (QED) is 0.303. The number of thioether (sulfide) groups is 1. The van der Waals surface area contributed by atoms with Crippen molar-refractivity contribution in [3.05, 3.63) is 23.2 Å². The average molecular weight is 425 g/mol. The van der Waals surface area contributed by atoms with Gasteiger partial charge in [-0.2, -0.15) is 0 Å². The zero-order valence-electron chi connectivity index (χ0n) is 16.4. The minimum absolute atomic E-state index is 0.199. The van der Waals surface area contributed by atoms with Crippen molar-refractivity contribution >= 4 is 29.3 Å². The van der Waals surface area contributed by atoms with Gasteiger partial charge in [-0.05, 0) is 64.2 Å². The Kier molecular flexibility index (Phi) is 6.88. The number of ether oxygens (including phenoxy) is 2. The molecule has 2 aromatic rings. The molecule has 1 fully saturated rings. The van der Waals surface area contributed by atoms with Crippen molar-refractivity contribution in [3.8, 4) is 17.2 Å². The third kappa shape index (κ3) is 6.71. The van der Waals surface area contributed by atoms with E-state index in [1.807, 2.05) is 32.9 Å². The van der Waals surface area contributed by atoms with E-state index in [0.29, 0.717) is 46.2 Å². The Morgan fingerprint density at radius 2 is 2.11 bits per heavy atom. The molecule has 1 heterocycles. The maximum absolute atomic E-state index is 11.7.